The number of rotatable bonds is 2. The number of carbonyl (C=O) groups excluding carboxylic acids is 1. The van der Waals surface area contributed by atoms with E-state index >= 15 is 0 Å². The average molecular weight is 272 g/mol. The molecule has 0 bridgehead atoms. The van der Waals surface area contributed by atoms with Crippen LogP contribution in [0.5, 0.6) is 5.75 Å². The highest BCUT2D eigenvalue weighted by molar-refractivity contribution is 6.04. The molecule has 0 aliphatic carbocycles. The number of anilines is 1. The third-order valence-corrected chi connectivity index (χ3v) is 3.09. The van der Waals surface area contributed by atoms with Gasteiger partial charge in [0, 0.05) is 23.6 Å². The summed E-state index contributed by atoms with van der Waals surface area (Å²) >= 11 is 0. The summed E-state index contributed by atoms with van der Waals surface area (Å²) < 4.78 is 0. The van der Waals surface area contributed by atoms with Crippen LogP contribution in [0.3, 0.4) is 0 Å². The number of nitrogens with one attached hydrogen (secondary N) is 2. The summed E-state index contributed by atoms with van der Waals surface area (Å²) in [5, 5.41) is 12.3. The zero-order valence-electron chi connectivity index (χ0n) is 11.6. The molecule has 0 fully saturated rings. The molecule has 0 spiro atoms. The van der Waals surface area contributed by atoms with Crippen molar-refractivity contribution < 1.29 is 9.90 Å². The van der Waals surface area contributed by atoms with Gasteiger partial charge in [0.1, 0.15) is 11.3 Å². The summed E-state index contributed by atoms with van der Waals surface area (Å²) in [5.74, 6) is -0.298. The van der Waals surface area contributed by atoms with E-state index in [4.69, 9.17) is 0 Å². The number of phenols is 1. The molecule has 5 nitrogen and oxygen atoms in total. The lowest BCUT2D eigenvalue weighted by Gasteiger charge is -2.10. The first-order valence-corrected chi connectivity index (χ1v) is 6.19. The van der Waals surface area contributed by atoms with Crippen LogP contribution < -0.4 is 10.7 Å². The SMILES string of the molecule is Cc1cc(=O)c(C(=O)Nc2cc(C)c(O)cc2C)c[nH]1. The van der Waals surface area contributed by atoms with Crippen LogP contribution >= 0.6 is 0 Å². The number of benzene rings is 1. The van der Waals surface area contributed by atoms with Crippen molar-refractivity contribution in [3.8, 4) is 5.75 Å². The molecule has 0 saturated heterocycles. The number of phenolic OH excluding ortho intramolecular Hbond substituents is 1. The predicted molar refractivity (Wildman–Crippen MR) is 77.3 cm³/mol. The van der Waals surface area contributed by atoms with Crippen molar-refractivity contribution in [2.24, 2.45) is 0 Å². The number of amides is 1. The monoisotopic (exact) mass is 272 g/mol. The Morgan fingerprint density at radius 1 is 1.15 bits per heavy atom. The molecular weight excluding hydrogens is 256 g/mol. The van der Waals surface area contributed by atoms with E-state index in [-0.39, 0.29) is 16.7 Å². The van der Waals surface area contributed by atoms with Crippen LogP contribution in [0.25, 0.3) is 0 Å². The van der Waals surface area contributed by atoms with Crippen LogP contribution in [0.4, 0.5) is 5.69 Å². The minimum atomic E-state index is -0.473. The van der Waals surface area contributed by atoms with E-state index in [1.807, 2.05) is 0 Å². The maximum Gasteiger partial charge on any atom is 0.261 e. The third-order valence-electron chi connectivity index (χ3n) is 3.09. The number of pyridine rings is 1. The van der Waals surface area contributed by atoms with E-state index in [1.54, 1.807) is 32.9 Å². The third kappa shape index (κ3) is 2.71. The maximum atomic E-state index is 12.1. The van der Waals surface area contributed by atoms with E-state index in [9.17, 15) is 14.7 Å². The normalized spacial score (nSPS) is 10.3. The van der Waals surface area contributed by atoms with Gasteiger partial charge in [-0.2, -0.15) is 0 Å². The Balaban J connectivity index is 2.33. The van der Waals surface area contributed by atoms with Crippen LogP contribution in [0, 0.1) is 20.8 Å². The highest BCUT2D eigenvalue weighted by Crippen LogP contribution is 2.25. The Morgan fingerprint density at radius 2 is 1.85 bits per heavy atom. The van der Waals surface area contributed by atoms with Gasteiger partial charge in [-0.3, -0.25) is 9.59 Å². The number of aryl methyl sites for hydroxylation is 3. The van der Waals surface area contributed by atoms with Gasteiger partial charge < -0.3 is 15.4 Å². The van der Waals surface area contributed by atoms with E-state index in [0.717, 1.165) is 5.56 Å². The summed E-state index contributed by atoms with van der Waals surface area (Å²) in [5.41, 5.74) is 2.38. The molecular formula is C15H16N2O3. The van der Waals surface area contributed by atoms with Gasteiger partial charge in [-0.05, 0) is 44.0 Å². The molecule has 1 aromatic heterocycles. The van der Waals surface area contributed by atoms with Gasteiger partial charge in [0.25, 0.3) is 5.91 Å². The second-order valence-corrected chi connectivity index (χ2v) is 4.80. The van der Waals surface area contributed by atoms with Crippen molar-refractivity contribution in [2.75, 3.05) is 5.32 Å². The van der Waals surface area contributed by atoms with Gasteiger partial charge >= 0.3 is 0 Å². The number of carbonyl (C=O) groups is 1. The Hall–Kier alpha value is -2.56. The number of H-pyrrole nitrogens is 1. The summed E-state index contributed by atoms with van der Waals surface area (Å²) in [7, 11) is 0. The topological polar surface area (TPSA) is 82.2 Å². The summed E-state index contributed by atoms with van der Waals surface area (Å²) in [6.45, 7) is 5.26. The largest absolute Gasteiger partial charge is 0.508 e. The van der Waals surface area contributed by atoms with Gasteiger partial charge in [0.05, 0.1) is 0 Å². The fourth-order valence-electron chi connectivity index (χ4n) is 1.88. The second-order valence-electron chi connectivity index (χ2n) is 4.80. The Labute approximate surface area is 116 Å². The first kappa shape index (κ1) is 13.9. The highest BCUT2D eigenvalue weighted by atomic mass is 16.3. The minimum Gasteiger partial charge on any atom is -0.508 e. The van der Waals surface area contributed by atoms with Gasteiger partial charge in [0.2, 0.25) is 0 Å². The lowest BCUT2D eigenvalue weighted by molar-refractivity contribution is 0.102. The Kier molecular flexibility index (Phi) is 3.61. The summed E-state index contributed by atoms with van der Waals surface area (Å²) in [6.07, 6.45) is 1.40. The van der Waals surface area contributed by atoms with Crippen LogP contribution in [0.15, 0.2) is 29.2 Å². The first-order valence-electron chi connectivity index (χ1n) is 6.19. The lowest BCUT2D eigenvalue weighted by atomic mass is 10.1. The molecule has 0 aliphatic rings. The molecule has 2 rings (SSSR count). The van der Waals surface area contributed by atoms with Gasteiger partial charge in [-0.15, -0.1) is 0 Å². The molecule has 0 aliphatic heterocycles. The van der Waals surface area contributed by atoms with Crippen LogP contribution in [0.1, 0.15) is 27.2 Å². The van der Waals surface area contributed by atoms with Gasteiger partial charge in [-0.1, -0.05) is 0 Å². The van der Waals surface area contributed by atoms with Crippen LogP contribution in [-0.2, 0) is 0 Å². The van der Waals surface area contributed by atoms with Crippen molar-refractivity contribution in [2.45, 2.75) is 20.8 Å². The number of hydrogen-bond donors (Lipinski definition) is 3. The molecule has 3 N–H and O–H groups in total. The molecule has 0 radical (unpaired) electrons. The molecule has 1 amide bonds. The van der Waals surface area contributed by atoms with Crippen molar-refractivity contribution in [1.29, 1.82) is 0 Å². The van der Waals surface area contributed by atoms with E-state index in [2.05, 4.69) is 10.3 Å². The molecule has 1 heterocycles. The molecule has 0 atom stereocenters. The van der Waals surface area contributed by atoms with Crippen molar-refractivity contribution >= 4 is 11.6 Å². The number of aromatic hydroxyl groups is 1. The van der Waals surface area contributed by atoms with Crippen LogP contribution in [-0.4, -0.2) is 16.0 Å². The smallest absolute Gasteiger partial charge is 0.261 e. The van der Waals surface area contributed by atoms with Crippen molar-refractivity contribution in [3.05, 3.63) is 57.0 Å². The van der Waals surface area contributed by atoms with Gasteiger partial charge in [-0.25, -0.2) is 0 Å². The predicted octanol–water partition coefficient (Wildman–Crippen LogP) is 2.26. The fraction of sp³-hybridized carbons (Fsp3) is 0.200. The molecule has 2 aromatic rings. The summed E-state index contributed by atoms with van der Waals surface area (Å²) in [4.78, 5) is 26.7. The van der Waals surface area contributed by atoms with Gasteiger partial charge in [0.15, 0.2) is 5.43 Å². The highest BCUT2D eigenvalue weighted by Gasteiger charge is 2.12. The Morgan fingerprint density at radius 3 is 2.50 bits per heavy atom. The molecule has 0 saturated carbocycles. The Bertz CT molecular complexity index is 732. The fourth-order valence-corrected chi connectivity index (χ4v) is 1.88. The first-order chi connectivity index (χ1) is 9.38. The second kappa shape index (κ2) is 5.21. The number of hydrogen-bond acceptors (Lipinski definition) is 3. The average Bonchev–Trinajstić information content (AvgIpc) is 2.35. The van der Waals surface area contributed by atoms with Crippen molar-refractivity contribution in [1.82, 2.24) is 4.98 Å². The number of aromatic amines is 1. The molecule has 0 unspecified atom stereocenters. The lowest BCUT2D eigenvalue weighted by Crippen LogP contribution is -2.22. The minimum absolute atomic E-state index is 0.0562. The zero-order valence-corrected chi connectivity index (χ0v) is 11.6. The molecule has 20 heavy (non-hydrogen) atoms. The molecule has 104 valence electrons. The van der Waals surface area contributed by atoms with E-state index in [1.165, 1.54) is 12.3 Å². The van der Waals surface area contributed by atoms with Crippen LogP contribution in [0.2, 0.25) is 0 Å². The molecule has 5 heteroatoms. The number of aromatic nitrogens is 1. The summed E-state index contributed by atoms with van der Waals surface area (Å²) in [6, 6.07) is 4.62. The zero-order chi connectivity index (χ0) is 14.9. The standard InChI is InChI=1S/C15H16N2O3/c1-8-5-13(18)9(2)4-12(8)17-15(20)11-7-16-10(3)6-14(11)19/h4-7,18H,1-3H3,(H,16,19)(H,17,20). The quantitative estimate of drug-likeness (QED) is 0.733. The van der Waals surface area contributed by atoms with E-state index in [0.29, 0.717) is 16.9 Å². The molecule has 1 aromatic carbocycles. The van der Waals surface area contributed by atoms with Crippen molar-refractivity contribution in [3.63, 3.8) is 0 Å². The van der Waals surface area contributed by atoms with E-state index < -0.39 is 5.91 Å². The maximum absolute atomic E-state index is 12.1.